The fourth-order valence-corrected chi connectivity index (χ4v) is 6.35. The van der Waals surface area contributed by atoms with Crippen LogP contribution in [0.15, 0.2) is 36.4 Å². The van der Waals surface area contributed by atoms with Crippen LogP contribution in [-0.4, -0.2) is 40.0 Å². The van der Waals surface area contributed by atoms with Gasteiger partial charge in [0.15, 0.2) is 0 Å². The largest absolute Gasteiger partial charge is 0.497 e. The Labute approximate surface area is 204 Å². The van der Waals surface area contributed by atoms with Gasteiger partial charge < -0.3 is 19.5 Å². The SMILES string of the molecule is CCc1cc2c(cc3n2C[C@@](C)(C(=O)NC2CCCCC2)N(Cc2ccc(OC)cc2)C3=O)s1. The number of ether oxygens (including phenoxy) is 1. The van der Waals surface area contributed by atoms with Gasteiger partial charge in [0.2, 0.25) is 5.91 Å². The molecule has 1 aromatic carbocycles. The van der Waals surface area contributed by atoms with Crippen LogP contribution in [0.3, 0.4) is 0 Å². The number of hydrogen-bond acceptors (Lipinski definition) is 4. The third kappa shape index (κ3) is 4.00. The standard InChI is InChI=1S/C27H33N3O3S/c1-4-21-14-22-24(34-21)15-23-25(31)30(16-18-10-12-20(33-3)13-11-18)27(2,17-29(22)23)26(32)28-19-8-6-5-7-9-19/h10-15,19H,4-9,16-17H2,1-3H3,(H,28,32)/t27-/m0/s1. The summed E-state index contributed by atoms with van der Waals surface area (Å²) in [6.07, 6.45) is 6.51. The summed E-state index contributed by atoms with van der Waals surface area (Å²) in [4.78, 5) is 30.8. The lowest BCUT2D eigenvalue weighted by atomic mass is 9.91. The van der Waals surface area contributed by atoms with Crippen LogP contribution in [0.2, 0.25) is 0 Å². The first-order valence-electron chi connectivity index (χ1n) is 12.3. The van der Waals surface area contributed by atoms with Gasteiger partial charge in [-0.25, -0.2) is 0 Å². The third-order valence-electron chi connectivity index (χ3n) is 7.44. The molecule has 2 aromatic heterocycles. The van der Waals surface area contributed by atoms with Crippen LogP contribution in [-0.2, 0) is 24.3 Å². The molecule has 1 N–H and O–H groups in total. The van der Waals surface area contributed by atoms with E-state index in [0.717, 1.165) is 53.6 Å². The van der Waals surface area contributed by atoms with E-state index in [4.69, 9.17) is 4.74 Å². The summed E-state index contributed by atoms with van der Waals surface area (Å²) in [5, 5.41) is 3.31. The number of methoxy groups -OCH3 is 1. The molecule has 3 heterocycles. The Morgan fingerprint density at radius 3 is 2.59 bits per heavy atom. The zero-order valence-electron chi connectivity index (χ0n) is 20.2. The number of carbonyl (C=O) groups is 2. The molecule has 0 bridgehead atoms. The number of fused-ring (bicyclic) bond motifs is 3. The Morgan fingerprint density at radius 2 is 1.91 bits per heavy atom. The van der Waals surface area contributed by atoms with Crippen LogP contribution in [0, 0.1) is 0 Å². The topological polar surface area (TPSA) is 63.6 Å². The van der Waals surface area contributed by atoms with Gasteiger partial charge in [0.25, 0.3) is 5.91 Å². The van der Waals surface area contributed by atoms with E-state index in [1.54, 1.807) is 23.3 Å². The van der Waals surface area contributed by atoms with E-state index in [9.17, 15) is 9.59 Å². The highest BCUT2D eigenvalue weighted by Crippen LogP contribution is 2.37. The molecule has 180 valence electrons. The van der Waals surface area contributed by atoms with Gasteiger partial charge >= 0.3 is 0 Å². The van der Waals surface area contributed by atoms with Gasteiger partial charge in [-0.1, -0.05) is 38.3 Å². The lowest BCUT2D eigenvalue weighted by Crippen LogP contribution is -2.64. The van der Waals surface area contributed by atoms with Crippen LogP contribution < -0.4 is 10.1 Å². The number of amides is 2. The van der Waals surface area contributed by atoms with Gasteiger partial charge in [-0.05, 0) is 56.0 Å². The van der Waals surface area contributed by atoms with Crippen molar-refractivity contribution >= 4 is 33.4 Å². The van der Waals surface area contributed by atoms with Crippen molar-refractivity contribution in [1.82, 2.24) is 14.8 Å². The number of thiophene rings is 1. The number of carbonyl (C=O) groups excluding carboxylic acids is 2. The molecule has 0 saturated heterocycles. The average molecular weight is 480 g/mol. The molecule has 6 nitrogen and oxygen atoms in total. The van der Waals surface area contributed by atoms with E-state index >= 15 is 0 Å². The maximum Gasteiger partial charge on any atom is 0.271 e. The first-order chi connectivity index (χ1) is 16.4. The average Bonchev–Trinajstić information content (AvgIpc) is 3.41. The van der Waals surface area contributed by atoms with Crippen molar-refractivity contribution in [2.45, 2.75) is 77.0 Å². The summed E-state index contributed by atoms with van der Waals surface area (Å²) in [5.74, 6) is 0.622. The minimum Gasteiger partial charge on any atom is -0.497 e. The molecule has 1 saturated carbocycles. The number of aromatic nitrogens is 1. The zero-order chi connectivity index (χ0) is 23.9. The fourth-order valence-electron chi connectivity index (χ4n) is 5.31. The number of hydrogen-bond donors (Lipinski definition) is 1. The second-order valence-corrected chi connectivity index (χ2v) is 10.9. The van der Waals surface area contributed by atoms with Gasteiger partial charge in [-0.2, -0.15) is 0 Å². The van der Waals surface area contributed by atoms with Crippen molar-refractivity contribution in [1.29, 1.82) is 0 Å². The molecule has 1 aliphatic carbocycles. The van der Waals surface area contributed by atoms with Crippen LogP contribution in [0.1, 0.15) is 66.9 Å². The maximum absolute atomic E-state index is 13.9. The van der Waals surface area contributed by atoms with Crippen LogP contribution in [0.25, 0.3) is 10.2 Å². The Morgan fingerprint density at radius 1 is 1.18 bits per heavy atom. The lowest BCUT2D eigenvalue weighted by molar-refractivity contribution is -0.134. The van der Waals surface area contributed by atoms with E-state index in [-0.39, 0.29) is 17.9 Å². The fraction of sp³-hybridized carbons (Fsp3) is 0.481. The second-order valence-electron chi connectivity index (χ2n) is 9.75. The van der Waals surface area contributed by atoms with Crippen molar-refractivity contribution in [2.24, 2.45) is 0 Å². The van der Waals surface area contributed by atoms with Gasteiger partial charge in [0.05, 0.1) is 23.9 Å². The summed E-state index contributed by atoms with van der Waals surface area (Å²) in [5.41, 5.74) is 1.72. The summed E-state index contributed by atoms with van der Waals surface area (Å²) < 4.78 is 8.47. The van der Waals surface area contributed by atoms with E-state index in [1.165, 1.54) is 11.3 Å². The van der Waals surface area contributed by atoms with Crippen LogP contribution in [0.5, 0.6) is 5.75 Å². The highest BCUT2D eigenvalue weighted by Gasteiger charge is 2.48. The molecular weight excluding hydrogens is 446 g/mol. The summed E-state index contributed by atoms with van der Waals surface area (Å²) in [7, 11) is 1.64. The molecule has 5 rings (SSSR count). The quantitative estimate of drug-likeness (QED) is 0.533. The zero-order valence-corrected chi connectivity index (χ0v) is 21.0. The molecule has 3 aromatic rings. The highest BCUT2D eigenvalue weighted by molar-refractivity contribution is 7.19. The second kappa shape index (κ2) is 9.10. The number of nitrogens with zero attached hydrogens (tertiary/aromatic N) is 2. The van der Waals surface area contributed by atoms with E-state index in [0.29, 0.717) is 18.8 Å². The molecule has 34 heavy (non-hydrogen) atoms. The van der Waals surface area contributed by atoms with E-state index in [2.05, 4.69) is 22.9 Å². The smallest absolute Gasteiger partial charge is 0.271 e. The molecule has 0 unspecified atom stereocenters. The molecule has 1 aliphatic heterocycles. The highest BCUT2D eigenvalue weighted by atomic mass is 32.1. The van der Waals surface area contributed by atoms with Gasteiger partial charge in [0, 0.05) is 17.5 Å². The third-order valence-corrected chi connectivity index (χ3v) is 8.66. The maximum atomic E-state index is 13.9. The first kappa shape index (κ1) is 23.0. The Bertz CT molecular complexity index is 1210. The van der Waals surface area contributed by atoms with E-state index in [1.807, 2.05) is 37.3 Å². The predicted octanol–water partition coefficient (Wildman–Crippen LogP) is 5.14. The number of aryl methyl sites for hydroxylation is 1. The Hall–Kier alpha value is -2.80. The number of nitrogens with one attached hydrogen (secondary N) is 1. The molecule has 0 radical (unpaired) electrons. The van der Waals surface area contributed by atoms with Crippen molar-refractivity contribution in [3.63, 3.8) is 0 Å². The lowest BCUT2D eigenvalue weighted by Gasteiger charge is -2.45. The summed E-state index contributed by atoms with van der Waals surface area (Å²) in [6.45, 7) is 4.89. The predicted molar refractivity (Wildman–Crippen MR) is 135 cm³/mol. The Balaban J connectivity index is 1.52. The minimum atomic E-state index is -0.984. The molecule has 1 fully saturated rings. The van der Waals surface area contributed by atoms with Gasteiger partial charge in [-0.3, -0.25) is 9.59 Å². The number of benzene rings is 1. The summed E-state index contributed by atoms with van der Waals surface area (Å²) in [6, 6.07) is 12.1. The number of rotatable bonds is 6. The van der Waals surface area contributed by atoms with Crippen molar-refractivity contribution in [3.05, 3.63) is 52.5 Å². The van der Waals surface area contributed by atoms with Crippen LogP contribution in [0.4, 0.5) is 0 Å². The minimum absolute atomic E-state index is 0.0558. The van der Waals surface area contributed by atoms with E-state index < -0.39 is 5.54 Å². The molecule has 1 atom stereocenters. The van der Waals surface area contributed by atoms with Crippen molar-refractivity contribution in [3.8, 4) is 5.75 Å². The van der Waals surface area contributed by atoms with Gasteiger partial charge in [0.1, 0.15) is 17.0 Å². The first-order valence-corrected chi connectivity index (χ1v) is 13.1. The molecule has 2 amide bonds. The molecule has 0 spiro atoms. The molecule has 7 heteroatoms. The summed E-state index contributed by atoms with van der Waals surface area (Å²) >= 11 is 1.73. The Kier molecular flexibility index (Phi) is 6.15. The monoisotopic (exact) mass is 479 g/mol. The normalized spacial score (nSPS) is 21.0. The van der Waals surface area contributed by atoms with Crippen LogP contribution >= 0.6 is 11.3 Å². The van der Waals surface area contributed by atoms with Gasteiger partial charge in [-0.15, -0.1) is 11.3 Å². The van der Waals surface area contributed by atoms with Crippen molar-refractivity contribution < 1.29 is 14.3 Å². The molecular formula is C27H33N3O3S. The molecule has 2 aliphatic rings. The van der Waals surface area contributed by atoms with Crippen molar-refractivity contribution in [2.75, 3.05) is 7.11 Å².